The van der Waals surface area contributed by atoms with E-state index in [1.165, 1.54) is 16.4 Å². The molecule has 9 heteroatoms. The highest BCUT2D eigenvalue weighted by atomic mass is 32.2. The molecule has 0 saturated carbocycles. The van der Waals surface area contributed by atoms with Crippen LogP contribution in [-0.2, 0) is 32.5 Å². The minimum absolute atomic E-state index is 0.0125. The van der Waals surface area contributed by atoms with Crippen LogP contribution in [0.3, 0.4) is 0 Å². The molecule has 2 aromatic carbocycles. The molecular weight excluding hydrogens is 432 g/mol. The number of sulfonamides is 1. The van der Waals surface area contributed by atoms with Gasteiger partial charge in [0.1, 0.15) is 0 Å². The third-order valence-electron chi connectivity index (χ3n) is 5.42. The first-order chi connectivity index (χ1) is 15.1. The Kier molecular flexibility index (Phi) is 7.55. The van der Waals surface area contributed by atoms with Crippen molar-refractivity contribution < 1.29 is 27.8 Å². The van der Waals surface area contributed by atoms with Crippen LogP contribution in [0.4, 0.5) is 5.69 Å². The van der Waals surface area contributed by atoms with Crippen LogP contribution in [-0.4, -0.2) is 50.7 Å². The predicted octanol–water partition coefficient (Wildman–Crippen LogP) is 2.76. The van der Waals surface area contributed by atoms with E-state index in [1.54, 1.807) is 6.07 Å². The molecule has 1 aliphatic rings. The van der Waals surface area contributed by atoms with E-state index in [4.69, 9.17) is 15.2 Å². The van der Waals surface area contributed by atoms with Crippen molar-refractivity contribution in [2.45, 2.75) is 44.6 Å². The van der Waals surface area contributed by atoms with Crippen LogP contribution in [0.25, 0.3) is 0 Å². The van der Waals surface area contributed by atoms with Gasteiger partial charge in [-0.15, -0.1) is 0 Å². The molecular formula is C23H30N2O6S. The summed E-state index contributed by atoms with van der Waals surface area (Å²) in [7, 11) is -3.57. The zero-order valence-electron chi connectivity index (χ0n) is 18.4. The number of carboxylic acid groups (broad SMARTS) is 1. The highest BCUT2D eigenvalue weighted by Gasteiger charge is 2.41. The average Bonchev–Trinajstić information content (AvgIpc) is 3.09. The molecule has 1 fully saturated rings. The third-order valence-corrected chi connectivity index (χ3v) is 6.62. The molecule has 0 spiro atoms. The lowest BCUT2D eigenvalue weighted by atomic mass is 9.90. The first kappa shape index (κ1) is 24.2. The Hall–Kier alpha value is -2.46. The summed E-state index contributed by atoms with van der Waals surface area (Å²) in [5, 5.41) is 9.52. The molecule has 0 amide bonds. The second-order valence-electron chi connectivity index (χ2n) is 8.19. The van der Waals surface area contributed by atoms with E-state index < -0.39 is 27.8 Å². The van der Waals surface area contributed by atoms with Gasteiger partial charge < -0.3 is 20.3 Å². The highest BCUT2D eigenvalue weighted by Crippen LogP contribution is 2.30. The van der Waals surface area contributed by atoms with Gasteiger partial charge in [-0.2, -0.15) is 0 Å². The van der Waals surface area contributed by atoms with Gasteiger partial charge in [-0.3, -0.25) is 4.31 Å². The zero-order valence-corrected chi connectivity index (χ0v) is 19.2. The van der Waals surface area contributed by atoms with E-state index in [0.29, 0.717) is 37.1 Å². The van der Waals surface area contributed by atoms with E-state index in [1.807, 2.05) is 37.3 Å². The summed E-state index contributed by atoms with van der Waals surface area (Å²) in [6.07, 6.45) is 2.23. The number of aromatic carboxylic acids is 1. The first-order valence-electron chi connectivity index (χ1n) is 10.5. The van der Waals surface area contributed by atoms with E-state index in [-0.39, 0.29) is 18.7 Å². The summed E-state index contributed by atoms with van der Waals surface area (Å²) >= 11 is 0. The Morgan fingerprint density at radius 2 is 1.97 bits per heavy atom. The lowest BCUT2D eigenvalue weighted by Crippen LogP contribution is -2.50. The molecule has 2 atom stereocenters. The van der Waals surface area contributed by atoms with E-state index in [9.17, 15) is 18.3 Å². The normalized spacial score (nSPS) is 20.9. The fraction of sp³-hybridized carbons (Fsp3) is 0.435. The van der Waals surface area contributed by atoms with Gasteiger partial charge in [0, 0.05) is 6.54 Å². The number of carboxylic acids is 1. The van der Waals surface area contributed by atoms with Gasteiger partial charge in [-0.05, 0) is 48.6 Å². The standard InChI is InChI=1S/C23H30N2O6S/c1-3-10-25(32(2,28)29)20-13-18(12-19(14-20)21(26)27)16-31-22-23(24,9-11-30-22)15-17-7-5-4-6-8-17/h4-8,12-14,22H,3,9-11,15-16,24H2,1-2H3,(H,26,27). The Morgan fingerprint density at radius 3 is 2.59 bits per heavy atom. The first-order valence-corrected chi connectivity index (χ1v) is 12.4. The van der Waals surface area contributed by atoms with Crippen molar-refractivity contribution in [3.05, 3.63) is 65.2 Å². The van der Waals surface area contributed by atoms with Crippen molar-refractivity contribution in [1.82, 2.24) is 0 Å². The molecule has 8 nitrogen and oxygen atoms in total. The predicted molar refractivity (Wildman–Crippen MR) is 122 cm³/mol. The number of nitrogens with zero attached hydrogens (tertiary/aromatic N) is 1. The third kappa shape index (κ3) is 5.86. The van der Waals surface area contributed by atoms with Crippen LogP contribution in [0.15, 0.2) is 48.5 Å². The topological polar surface area (TPSA) is 119 Å². The number of benzene rings is 2. The van der Waals surface area contributed by atoms with Crippen molar-refractivity contribution in [3.8, 4) is 0 Å². The summed E-state index contributed by atoms with van der Waals surface area (Å²) in [6.45, 7) is 2.61. The minimum Gasteiger partial charge on any atom is -0.478 e. The van der Waals surface area contributed by atoms with Crippen molar-refractivity contribution in [1.29, 1.82) is 0 Å². The van der Waals surface area contributed by atoms with E-state index >= 15 is 0 Å². The maximum absolute atomic E-state index is 12.3. The van der Waals surface area contributed by atoms with Gasteiger partial charge in [0.15, 0.2) is 6.29 Å². The molecule has 1 heterocycles. The Bertz CT molecular complexity index is 1040. The smallest absolute Gasteiger partial charge is 0.335 e. The van der Waals surface area contributed by atoms with Crippen LogP contribution < -0.4 is 10.0 Å². The van der Waals surface area contributed by atoms with Gasteiger partial charge in [0.25, 0.3) is 0 Å². The fourth-order valence-corrected chi connectivity index (χ4v) is 4.89. The lowest BCUT2D eigenvalue weighted by Gasteiger charge is -2.30. The number of carbonyl (C=O) groups is 1. The number of nitrogens with two attached hydrogens (primary N) is 1. The largest absolute Gasteiger partial charge is 0.478 e. The Morgan fingerprint density at radius 1 is 1.25 bits per heavy atom. The molecule has 32 heavy (non-hydrogen) atoms. The van der Waals surface area contributed by atoms with E-state index in [0.717, 1.165) is 11.8 Å². The van der Waals surface area contributed by atoms with E-state index in [2.05, 4.69) is 0 Å². The quantitative estimate of drug-likeness (QED) is 0.557. The average molecular weight is 463 g/mol. The summed E-state index contributed by atoms with van der Waals surface area (Å²) in [4.78, 5) is 11.6. The van der Waals surface area contributed by atoms with Gasteiger partial charge >= 0.3 is 5.97 Å². The highest BCUT2D eigenvalue weighted by molar-refractivity contribution is 7.92. The summed E-state index contributed by atoms with van der Waals surface area (Å²) in [5.74, 6) is -1.15. The van der Waals surface area contributed by atoms with Crippen LogP contribution >= 0.6 is 0 Å². The van der Waals surface area contributed by atoms with Crippen molar-refractivity contribution >= 4 is 21.7 Å². The van der Waals surface area contributed by atoms with Crippen molar-refractivity contribution in [2.24, 2.45) is 5.73 Å². The number of rotatable bonds is 10. The lowest BCUT2D eigenvalue weighted by molar-refractivity contribution is -0.145. The van der Waals surface area contributed by atoms with Crippen LogP contribution in [0.5, 0.6) is 0 Å². The molecule has 0 aliphatic carbocycles. The molecule has 3 N–H and O–H groups in total. The monoisotopic (exact) mass is 462 g/mol. The van der Waals surface area contributed by atoms with Gasteiger partial charge in [0.2, 0.25) is 10.0 Å². The molecule has 0 aromatic heterocycles. The Balaban J connectivity index is 1.82. The molecule has 2 aromatic rings. The minimum atomic E-state index is -3.57. The number of ether oxygens (including phenoxy) is 2. The van der Waals surface area contributed by atoms with Crippen LogP contribution in [0.1, 0.15) is 41.3 Å². The summed E-state index contributed by atoms with van der Waals surface area (Å²) in [5.41, 5.74) is 7.80. The number of hydrogen-bond donors (Lipinski definition) is 2. The van der Waals surface area contributed by atoms with Crippen molar-refractivity contribution in [3.63, 3.8) is 0 Å². The van der Waals surface area contributed by atoms with Crippen LogP contribution in [0.2, 0.25) is 0 Å². The maximum Gasteiger partial charge on any atom is 0.335 e. The second kappa shape index (κ2) is 9.99. The Labute approximate surface area is 189 Å². The molecule has 174 valence electrons. The molecule has 3 rings (SSSR count). The number of anilines is 1. The summed E-state index contributed by atoms with van der Waals surface area (Å²) < 4.78 is 37.4. The van der Waals surface area contributed by atoms with Gasteiger partial charge in [-0.1, -0.05) is 37.3 Å². The van der Waals surface area contributed by atoms with Gasteiger partial charge in [0.05, 0.1) is 36.3 Å². The molecule has 1 saturated heterocycles. The maximum atomic E-state index is 12.3. The SMILES string of the molecule is CCCN(c1cc(COC2OCCC2(N)Cc2ccccc2)cc(C(=O)O)c1)S(C)(=O)=O. The van der Waals surface area contributed by atoms with Gasteiger partial charge in [-0.25, -0.2) is 13.2 Å². The molecule has 0 bridgehead atoms. The fourth-order valence-electron chi connectivity index (χ4n) is 3.89. The number of hydrogen-bond acceptors (Lipinski definition) is 6. The second-order valence-corrected chi connectivity index (χ2v) is 10.1. The molecule has 2 unspecified atom stereocenters. The molecule has 0 radical (unpaired) electrons. The summed E-state index contributed by atoms with van der Waals surface area (Å²) in [6, 6.07) is 14.3. The molecule has 1 aliphatic heterocycles. The van der Waals surface area contributed by atoms with Crippen molar-refractivity contribution in [2.75, 3.05) is 23.7 Å². The zero-order chi connectivity index (χ0) is 23.4. The van der Waals surface area contributed by atoms with Crippen LogP contribution in [0, 0.1) is 0 Å².